The summed E-state index contributed by atoms with van der Waals surface area (Å²) >= 11 is 0. The zero-order chi connectivity index (χ0) is 16.9. The van der Waals surface area contributed by atoms with Gasteiger partial charge in [-0.1, -0.05) is 32.0 Å². The molecule has 1 amide bonds. The second-order valence-corrected chi connectivity index (χ2v) is 8.37. The maximum Gasteiger partial charge on any atom is 0.222 e. The number of fused-ring (bicyclic) bond motifs is 2. The summed E-state index contributed by atoms with van der Waals surface area (Å²) < 4.78 is 0. The average Bonchev–Trinajstić information content (AvgIpc) is 3.12. The first-order valence-electron chi connectivity index (χ1n) is 8.89. The standard InChI is InChI=1S/C20H26N2O2/c1-19(2)11-20(13-23)12-22(10-17(19)20)18(24)8-7-14-9-21-16-6-4-3-5-15(14)16/h3-6,9,17,21,23H,7-8,10-13H2,1-2H3/t17-,20-/m1/s1. The molecule has 128 valence electrons. The first-order chi connectivity index (χ1) is 11.5. The Balaban J connectivity index is 1.42. The van der Waals surface area contributed by atoms with Crippen molar-refractivity contribution < 1.29 is 9.90 Å². The van der Waals surface area contributed by atoms with Crippen LogP contribution in [-0.2, 0) is 11.2 Å². The molecule has 4 nitrogen and oxygen atoms in total. The minimum atomic E-state index is -0.0417. The summed E-state index contributed by atoms with van der Waals surface area (Å²) in [5, 5.41) is 11.0. The number of likely N-dealkylation sites (tertiary alicyclic amines) is 1. The van der Waals surface area contributed by atoms with Crippen molar-refractivity contribution in [1.29, 1.82) is 0 Å². The molecule has 2 aromatic rings. The van der Waals surface area contributed by atoms with E-state index in [0.717, 1.165) is 31.4 Å². The lowest BCUT2D eigenvalue weighted by molar-refractivity contribution is -0.130. The number of rotatable bonds is 4. The molecule has 2 heterocycles. The maximum absolute atomic E-state index is 12.7. The van der Waals surface area contributed by atoms with Gasteiger partial charge in [-0.25, -0.2) is 0 Å². The van der Waals surface area contributed by atoms with Crippen LogP contribution < -0.4 is 0 Å². The molecule has 4 heteroatoms. The third-order valence-electron chi connectivity index (χ3n) is 6.35. The van der Waals surface area contributed by atoms with Crippen LogP contribution in [0, 0.1) is 16.7 Å². The van der Waals surface area contributed by atoms with Gasteiger partial charge in [-0.15, -0.1) is 0 Å². The molecule has 1 aliphatic heterocycles. The number of nitrogens with one attached hydrogen (secondary N) is 1. The normalized spacial score (nSPS) is 28.0. The highest BCUT2D eigenvalue weighted by Gasteiger charge is 2.62. The molecule has 4 rings (SSSR count). The molecule has 0 spiro atoms. The average molecular weight is 326 g/mol. The number of aromatic amines is 1. The second-order valence-electron chi connectivity index (χ2n) is 8.37. The van der Waals surface area contributed by atoms with E-state index in [2.05, 4.69) is 31.0 Å². The van der Waals surface area contributed by atoms with Gasteiger partial charge in [-0.2, -0.15) is 0 Å². The SMILES string of the molecule is CC1(C)C[C@]2(CO)CN(C(=O)CCc3c[nH]c4ccccc34)C[C@H]12. The van der Waals surface area contributed by atoms with E-state index in [9.17, 15) is 9.90 Å². The predicted molar refractivity (Wildman–Crippen MR) is 94.6 cm³/mol. The summed E-state index contributed by atoms with van der Waals surface area (Å²) in [7, 11) is 0. The lowest BCUT2D eigenvalue weighted by Crippen LogP contribution is -2.54. The molecule has 2 fully saturated rings. The van der Waals surface area contributed by atoms with Gasteiger partial charge < -0.3 is 15.0 Å². The van der Waals surface area contributed by atoms with Crippen LogP contribution >= 0.6 is 0 Å². The second kappa shape index (κ2) is 5.35. The van der Waals surface area contributed by atoms with E-state index < -0.39 is 0 Å². The van der Waals surface area contributed by atoms with Crippen molar-refractivity contribution in [2.24, 2.45) is 16.7 Å². The van der Waals surface area contributed by atoms with Crippen molar-refractivity contribution >= 4 is 16.8 Å². The molecule has 2 N–H and O–H groups in total. The molecule has 2 atom stereocenters. The number of amides is 1. The van der Waals surface area contributed by atoms with Crippen molar-refractivity contribution in [1.82, 2.24) is 9.88 Å². The molecule has 1 aromatic heterocycles. The molecule has 0 radical (unpaired) electrons. The molecule has 1 saturated heterocycles. The molecule has 1 aliphatic carbocycles. The number of para-hydroxylation sites is 1. The zero-order valence-electron chi connectivity index (χ0n) is 14.5. The lowest BCUT2D eigenvalue weighted by atomic mass is 9.48. The highest BCUT2D eigenvalue weighted by Crippen LogP contribution is 2.62. The third kappa shape index (κ3) is 2.27. The monoisotopic (exact) mass is 326 g/mol. The number of benzene rings is 1. The molecule has 0 bridgehead atoms. The van der Waals surface area contributed by atoms with Gasteiger partial charge in [0.25, 0.3) is 0 Å². The Morgan fingerprint density at radius 2 is 2.17 bits per heavy atom. The Hall–Kier alpha value is -1.81. The van der Waals surface area contributed by atoms with Gasteiger partial charge >= 0.3 is 0 Å². The van der Waals surface area contributed by atoms with Crippen LogP contribution in [0.15, 0.2) is 30.5 Å². The van der Waals surface area contributed by atoms with E-state index in [0.29, 0.717) is 12.3 Å². The smallest absolute Gasteiger partial charge is 0.222 e. The summed E-state index contributed by atoms with van der Waals surface area (Å²) in [4.78, 5) is 18.0. The van der Waals surface area contributed by atoms with Crippen LogP contribution in [-0.4, -0.2) is 40.6 Å². The molecule has 1 aromatic carbocycles. The fraction of sp³-hybridized carbons (Fsp3) is 0.550. The van der Waals surface area contributed by atoms with Crippen LogP contribution in [0.3, 0.4) is 0 Å². The van der Waals surface area contributed by atoms with Gasteiger partial charge in [0, 0.05) is 42.0 Å². The van der Waals surface area contributed by atoms with Crippen LogP contribution in [0.2, 0.25) is 0 Å². The minimum absolute atomic E-state index is 0.0417. The minimum Gasteiger partial charge on any atom is -0.396 e. The molecule has 0 unspecified atom stereocenters. The summed E-state index contributed by atoms with van der Waals surface area (Å²) in [6.07, 6.45) is 4.34. The van der Waals surface area contributed by atoms with Gasteiger partial charge in [-0.3, -0.25) is 4.79 Å². The number of hydrogen-bond acceptors (Lipinski definition) is 2. The van der Waals surface area contributed by atoms with Gasteiger partial charge in [0.05, 0.1) is 6.61 Å². The van der Waals surface area contributed by atoms with Crippen molar-refractivity contribution in [2.75, 3.05) is 19.7 Å². The Bertz CT molecular complexity index is 779. The Labute approximate surface area is 142 Å². The van der Waals surface area contributed by atoms with Crippen LogP contribution in [0.1, 0.15) is 32.3 Å². The van der Waals surface area contributed by atoms with Crippen molar-refractivity contribution in [2.45, 2.75) is 33.1 Å². The number of aromatic nitrogens is 1. The first kappa shape index (κ1) is 15.7. The Morgan fingerprint density at radius 1 is 1.38 bits per heavy atom. The van der Waals surface area contributed by atoms with E-state index in [1.54, 1.807) is 0 Å². The van der Waals surface area contributed by atoms with Crippen molar-refractivity contribution in [3.63, 3.8) is 0 Å². The van der Waals surface area contributed by atoms with E-state index in [4.69, 9.17) is 0 Å². The largest absolute Gasteiger partial charge is 0.396 e. The zero-order valence-corrected chi connectivity index (χ0v) is 14.5. The van der Waals surface area contributed by atoms with Crippen LogP contribution in [0.5, 0.6) is 0 Å². The fourth-order valence-electron chi connectivity index (χ4n) is 5.27. The number of carbonyl (C=O) groups excluding carboxylic acids is 1. The molecule has 24 heavy (non-hydrogen) atoms. The van der Waals surface area contributed by atoms with E-state index in [-0.39, 0.29) is 23.3 Å². The summed E-state index contributed by atoms with van der Waals surface area (Å²) in [5.41, 5.74) is 2.53. The number of hydrogen-bond donors (Lipinski definition) is 2. The highest BCUT2D eigenvalue weighted by atomic mass is 16.3. The highest BCUT2D eigenvalue weighted by molar-refractivity contribution is 5.84. The van der Waals surface area contributed by atoms with Crippen molar-refractivity contribution in [3.05, 3.63) is 36.0 Å². The Morgan fingerprint density at radius 3 is 2.88 bits per heavy atom. The fourth-order valence-corrected chi connectivity index (χ4v) is 5.27. The molecular formula is C20H26N2O2. The van der Waals surface area contributed by atoms with Crippen LogP contribution in [0.25, 0.3) is 10.9 Å². The van der Waals surface area contributed by atoms with Crippen LogP contribution in [0.4, 0.5) is 0 Å². The van der Waals surface area contributed by atoms with Crippen molar-refractivity contribution in [3.8, 4) is 0 Å². The number of aliphatic hydroxyl groups excluding tert-OH is 1. The summed E-state index contributed by atoms with van der Waals surface area (Å²) in [6, 6.07) is 8.22. The molecule has 1 saturated carbocycles. The van der Waals surface area contributed by atoms with Gasteiger partial charge in [0.1, 0.15) is 0 Å². The topological polar surface area (TPSA) is 56.3 Å². The third-order valence-corrected chi connectivity index (χ3v) is 6.35. The number of aliphatic hydroxyl groups is 1. The lowest BCUT2D eigenvalue weighted by Gasteiger charge is -2.55. The Kier molecular flexibility index (Phi) is 3.50. The van der Waals surface area contributed by atoms with E-state index in [1.807, 2.05) is 23.2 Å². The maximum atomic E-state index is 12.7. The predicted octanol–water partition coefficient (Wildman–Crippen LogP) is 2.97. The molecular weight excluding hydrogens is 300 g/mol. The quantitative estimate of drug-likeness (QED) is 0.907. The summed E-state index contributed by atoms with van der Waals surface area (Å²) in [6.45, 7) is 6.24. The number of H-pyrrole nitrogens is 1. The van der Waals surface area contributed by atoms with E-state index in [1.165, 1.54) is 10.9 Å². The van der Waals surface area contributed by atoms with Gasteiger partial charge in [-0.05, 0) is 35.8 Å². The molecule has 2 aliphatic rings. The summed E-state index contributed by atoms with van der Waals surface area (Å²) in [5.74, 6) is 0.658. The number of carbonyl (C=O) groups is 1. The van der Waals surface area contributed by atoms with Gasteiger partial charge in [0.2, 0.25) is 5.91 Å². The van der Waals surface area contributed by atoms with Gasteiger partial charge in [0.15, 0.2) is 0 Å². The first-order valence-corrected chi connectivity index (χ1v) is 8.89. The van der Waals surface area contributed by atoms with E-state index >= 15 is 0 Å². The number of nitrogens with zero attached hydrogens (tertiary/aromatic N) is 1. The number of aryl methyl sites for hydroxylation is 1.